The van der Waals surface area contributed by atoms with Gasteiger partial charge in [-0.25, -0.2) is 0 Å². The molecule has 0 saturated heterocycles. The number of benzene rings is 1. The molecule has 2 bridgehead atoms. The lowest BCUT2D eigenvalue weighted by Gasteiger charge is -2.20. The fourth-order valence-electron chi connectivity index (χ4n) is 3.95. The van der Waals surface area contributed by atoms with Crippen molar-refractivity contribution in [1.82, 2.24) is 0 Å². The van der Waals surface area contributed by atoms with Crippen molar-refractivity contribution in [2.24, 2.45) is 11.8 Å². The molecule has 0 aromatic heterocycles. The summed E-state index contributed by atoms with van der Waals surface area (Å²) in [5.74, 6) is 3.12. The van der Waals surface area contributed by atoms with E-state index in [4.69, 9.17) is 4.74 Å². The van der Waals surface area contributed by atoms with E-state index in [1.165, 1.54) is 37.8 Å². The minimum atomic E-state index is 0.915. The third-order valence-electron chi connectivity index (χ3n) is 4.87. The maximum atomic E-state index is 5.40. The van der Waals surface area contributed by atoms with E-state index in [1.807, 2.05) is 6.07 Å². The highest BCUT2D eigenvalue weighted by molar-refractivity contribution is 5.33. The van der Waals surface area contributed by atoms with Gasteiger partial charge in [0, 0.05) is 18.8 Å². The first kappa shape index (κ1) is 12.0. The van der Waals surface area contributed by atoms with Crippen LogP contribution in [0, 0.1) is 11.8 Å². The molecule has 0 amide bonds. The second-order valence-corrected chi connectivity index (χ2v) is 5.92. The zero-order valence-electron chi connectivity index (χ0n) is 11.3. The molecule has 3 rings (SSSR count). The summed E-state index contributed by atoms with van der Waals surface area (Å²) in [6.45, 7) is 1.20. The Bertz CT molecular complexity index is 404. The predicted molar refractivity (Wildman–Crippen MR) is 72.7 cm³/mol. The smallest absolute Gasteiger partial charge is 0.122 e. The number of para-hydroxylation sites is 1. The summed E-state index contributed by atoms with van der Waals surface area (Å²) in [6.07, 6.45) is 7.09. The molecule has 1 aromatic carbocycles. The van der Waals surface area contributed by atoms with Crippen LogP contribution in [0.2, 0.25) is 0 Å². The van der Waals surface area contributed by atoms with Crippen LogP contribution in [0.5, 0.6) is 5.75 Å². The van der Waals surface area contributed by atoms with Gasteiger partial charge in [0.05, 0.1) is 19.7 Å². The summed E-state index contributed by atoms with van der Waals surface area (Å²) in [5, 5.41) is 2.59. The van der Waals surface area contributed by atoms with Gasteiger partial charge in [-0.15, -0.1) is 0 Å². The van der Waals surface area contributed by atoms with Crippen LogP contribution in [-0.2, 0) is 6.42 Å². The Morgan fingerprint density at radius 2 is 2.11 bits per heavy atom. The fraction of sp³-hybridized carbons (Fsp3) is 0.625. The van der Waals surface area contributed by atoms with Crippen LogP contribution < -0.4 is 10.1 Å². The van der Waals surface area contributed by atoms with Crippen molar-refractivity contribution in [2.75, 3.05) is 13.7 Å². The van der Waals surface area contributed by atoms with E-state index in [0.717, 1.165) is 30.0 Å². The van der Waals surface area contributed by atoms with Crippen molar-refractivity contribution in [3.8, 4) is 5.75 Å². The molecule has 0 heterocycles. The molecule has 3 atom stereocenters. The molecule has 2 N–H and O–H groups in total. The van der Waals surface area contributed by atoms with Crippen LogP contribution in [0.25, 0.3) is 0 Å². The summed E-state index contributed by atoms with van der Waals surface area (Å²) in [7, 11) is 1.76. The molecule has 2 nitrogen and oxygen atoms in total. The van der Waals surface area contributed by atoms with E-state index < -0.39 is 0 Å². The second-order valence-electron chi connectivity index (χ2n) is 5.92. The highest BCUT2D eigenvalue weighted by atomic mass is 16.5. The molecule has 2 fully saturated rings. The predicted octanol–water partition coefficient (Wildman–Crippen LogP) is 1.99. The van der Waals surface area contributed by atoms with E-state index in [2.05, 4.69) is 23.5 Å². The first-order valence-corrected chi connectivity index (χ1v) is 7.32. The topological polar surface area (TPSA) is 25.8 Å². The van der Waals surface area contributed by atoms with Gasteiger partial charge in [-0.1, -0.05) is 18.2 Å². The summed E-state index contributed by atoms with van der Waals surface area (Å²) in [4.78, 5) is 0. The van der Waals surface area contributed by atoms with Gasteiger partial charge in [-0.2, -0.15) is 0 Å². The quantitative estimate of drug-likeness (QED) is 0.845. The summed E-state index contributed by atoms with van der Waals surface area (Å²) in [5.41, 5.74) is 1.35. The third kappa shape index (κ3) is 2.39. The van der Waals surface area contributed by atoms with Crippen LogP contribution in [0.1, 0.15) is 31.2 Å². The zero-order chi connectivity index (χ0) is 12.4. The maximum Gasteiger partial charge on any atom is 0.122 e. The van der Waals surface area contributed by atoms with Gasteiger partial charge < -0.3 is 10.1 Å². The normalized spacial score (nSPS) is 29.7. The van der Waals surface area contributed by atoms with Gasteiger partial charge in [0.1, 0.15) is 5.75 Å². The molecular formula is C16H24NO+. The number of ether oxygens (including phenoxy) is 1. The largest absolute Gasteiger partial charge is 0.496 e. The van der Waals surface area contributed by atoms with E-state index in [1.54, 1.807) is 7.11 Å². The highest BCUT2D eigenvalue weighted by Gasteiger charge is 2.41. The molecule has 2 aliphatic rings. The Kier molecular flexibility index (Phi) is 3.55. The Morgan fingerprint density at radius 1 is 1.22 bits per heavy atom. The number of nitrogens with two attached hydrogens (primary N) is 1. The molecule has 98 valence electrons. The van der Waals surface area contributed by atoms with Crippen molar-refractivity contribution in [1.29, 1.82) is 0 Å². The average Bonchev–Trinajstić information content (AvgIpc) is 3.02. The Labute approximate surface area is 110 Å². The Morgan fingerprint density at radius 3 is 2.83 bits per heavy atom. The molecular weight excluding hydrogens is 222 g/mol. The Hall–Kier alpha value is -1.02. The first-order valence-electron chi connectivity index (χ1n) is 7.32. The van der Waals surface area contributed by atoms with E-state index in [0.29, 0.717) is 0 Å². The molecule has 0 radical (unpaired) electrons. The van der Waals surface area contributed by atoms with Crippen LogP contribution in [0.15, 0.2) is 24.3 Å². The molecule has 1 aromatic rings. The number of rotatable bonds is 5. The van der Waals surface area contributed by atoms with Gasteiger partial charge >= 0.3 is 0 Å². The van der Waals surface area contributed by atoms with Crippen molar-refractivity contribution in [3.63, 3.8) is 0 Å². The number of hydrogen-bond acceptors (Lipinski definition) is 1. The van der Waals surface area contributed by atoms with E-state index in [9.17, 15) is 0 Å². The fourth-order valence-corrected chi connectivity index (χ4v) is 3.95. The number of methoxy groups -OCH3 is 1. The van der Waals surface area contributed by atoms with Crippen LogP contribution in [-0.4, -0.2) is 19.7 Å². The Balaban J connectivity index is 1.50. The van der Waals surface area contributed by atoms with E-state index in [-0.39, 0.29) is 0 Å². The number of fused-ring (bicyclic) bond motifs is 2. The van der Waals surface area contributed by atoms with Gasteiger partial charge in [0.2, 0.25) is 0 Å². The lowest BCUT2D eigenvalue weighted by Crippen LogP contribution is -2.91. The van der Waals surface area contributed by atoms with Crippen LogP contribution >= 0.6 is 0 Å². The second kappa shape index (κ2) is 5.31. The first-order chi connectivity index (χ1) is 8.86. The average molecular weight is 246 g/mol. The van der Waals surface area contributed by atoms with Gasteiger partial charge in [0.25, 0.3) is 0 Å². The molecule has 2 heteroatoms. The maximum absolute atomic E-state index is 5.40. The summed E-state index contributed by atoms with van der Waals surface area (Å²) in [6, 6.07) is 9.32. The highest BCUT2D eigenvalue weighted by Crippen LogP contribution is 2.42. The molecule has 0 unspecified atom stereocenters. The minimum absolute atomic E-state index is 0.915. The van der Waals surface area contributed by atoms with Crippen molar-refractivity contribution in [2.45, 2.75) is 38.1 Å². The molecule has 18 heavy (non-hydrogen) atoms. The molecule has 2 aliphatic carbocycles. The van der Waals surface area contributed by atoms with Gasteiger partial charge in [0.15, 0.2) is 0 Å². The van der Waals surface area contributed by atoms with Gasteiger partial charge in [-0.05, 0) is 36.8 Å². The van der Waals surface area contributed by atoms with Crippen molar-refractivity contribution < 1.29 is 10.1 Å². The van der Waals surface area contributed by atoms with Crippen LogP contribution in [0.3, 0.4) is 0 Å². The van der Waals surface area contributed by atoms with Gasteiger partial charge in [-0.3, -0.25) is 0 Å². The lowest BCUT2D eigenvalue weighted by molar-refractivity contribution is -0.694. The van der Waals surface area contributed by atoms with E-state index >= 15 is 0 Å². The number of hydrogen-bond donors (Lipinski definition) is 1. The van der Waals surface area contributed by atoms with Crippen molar-refractivity contribution >= 4 is 0 Å². The summed E-state index contributed by atoms with van der Waals surface area (Å²) >= 11 is 0. The zero-order valence-corrected chi connectivity index (χ0v) is 11.3. The summed E-state index contributed by atoms with van der Waals surface area (Å²) < 4.78 is 5.40. The molecule has 0 spiro atoms. The monoisotopic (exact) mass is 246 g/mol. The van der Waals surface area contributed by atoms with Crippen LogP contribution in [0.4, 0.5) is 0 Å². The molecule has 2 saturated carbocycles. The molecule has 0 aliphatic heterocycles. The minimum Gasteiger partial charge on any atom is -0.496 e. The standard InChI is InChI=1S/C16H23NO/c1-18-16-5-3-2-4-13(16)8-9-17-15-11-12-6-7-14(15)10-12/h2-5,12,14-15,17H,6-11H2,1H3/p+1/t12-,14+,15+/m0/s1. The van der Waals surface area contributed by atoms with Crippen molar-refractivity contribution in [3.05, 3.63) is 29.8 Å². The lowest BCUT2D eigenvalue weighted by atomic mass is 9.95. The SMILES string of the molecule is COc1ccccc1CC[NH2+][C@@H]1C[C@H]2CC[C@@H]1C2. The number of quaternary nitrogens is 1. The third-order valence-corrected chi connectivity index (χ3v) is 4.87.